The van der Waals surface area contributed by atoms with E-state index in [1.165, 1.54) is 18.3 Å². The normalized spacial score (nSPS) is 9.93. The van der Waals surface area contributed by atoms with Crippen LogP contribution in [0, 0.1) is 0 Å². The zero-order valence-electron chi connectivity index (χ0n) is 7.44. The van der Waals surface area contributed by atoms with Gasteiger partial charge in [-0.15, -0.1) is 10.2 Å². The zero-order chi connectivity index (χ0) is 10.7. The van der Waals surface area contributed by atoms with Crippen molar-refractivity contribution in [3.8, 4) is 0 Å². The van der Waals surface area contributed by atoms with E-state index in [0.717, 1.165) is 0 Å². The lowest BCUT2D eigenvalue weighted by Gasteiger charge is -1.99. The summed E-state index contributed by atoms with van der Waals surface area (Å²) in [5.74, 6) is -0.361. The van der Waals surface area contributed by atoms with Gasteiger partial charge in [0.1, 0.15) is 0 Å². The van der Waals surface area contributed by atoms with Crippen molar-refractivity contribution < 1.29 is 4.79 Å². The van der Waals surface area contributed by atoms with Crippen LogP contribution in [0.25, 0.3) is 0 Å². The molecular formula is C8H6ClN5O. The van der Waals surface area contributed by atoms with Crippen LogP contribution < -0.4 is 5.32 Å². The molecule has 0 unspecified atom stereocenters. The van der Waals surface area contributed by atoms with Gasteiger partial charge in [-0.2, -0.15) is 5.10 Å². The third kappa shape index (κ3) is 2.29. The summed E-state index contributed by atoms with van der Waals surface area (Å²) in [7, 11) is 0. The van der Waals surface area contributed by atoms with Crippen LogP contribution in [-0.4, -0.2) is 26.3 Å². The Morgan fingerprint density at radius 2 is 2.27 bits per heavy atom. The molecule has 2 aromatic heterocycles. The van der Waals surface area contributed by atoms with Gasteiger partial charge in [0.25, 0.3) is 5.91 Å². The van der Waals surface area contributed by atoms with Gasteiger partial charge in [0.15, 0.2) is 10.8 Å². The summed E-state index contributed by atoms with van der Waals surface area (Å²) >= 11 is 5.54. The Hall–Kier alpha value is -1.95. The van der Waals surface area contributed by atoms with E-state index in [2.05, 4.69) is 25.7 Å². The monoisotopic (exact) mass is 223 g/mol. The molecule has 0 aliphatic heterocycles. The Bertz CT molecular complexity index is 452. The van der Waals surface area contributed by atoms with E-state index < -0.39 is 0 Å². The van der Waals surface area contributed by atoms with Gasteiger partial charge in [-0.1, -0.05) is 11.6 Å². The minimum Gasteiger partial charge on any atom is -0.318 e. The summed E-state index contributed by atoms with van der Waals surface area (Å²) < 4.78 is 0. The molecule has 0 bridgehead atoms. The van der Waals surface area contributed by atoms with Crippen LogP contribution in [-0.2, 0) is 0 Å². The van der Waals surface area contributed by atoms with E-state index >= 15 is 0 Å². The number of hydrogen-bond acceptors (Lipinski definition) is 4. The number of carbonyl (C=O) groups excluding carboxylic acids is 1. The molecule has 1 amide bonds. The quantitative estimate of drug-likeness (QED) is 0.799. The molecule has 2 heterocycles. The average Bonchev–Trinajstić information content (AvgIpc) is 2.71. The van der Waals surface area contributed by atoms with Gasteiger partial charge in [-0.3, -0.25) is 9.89 Å². The highest BCUT2D eigenvalue weighted by Crippen LogP contribution is 2.06. The molecule has 0 atom stereocenters. The predicted octanol–water partition coefficient (Wildman–Crippen LogP) is 1.11. The van der Waals surface area contributed by atoms with Crippen molar-refractivity contribution >= 4 is 23.2 Å². The minimum absolute atomic E-state index is 0.195. The van der Waals surface area contributed by atoms with Gasteiger partial charge in [0, 0.05) is 6.20 Å². The fourth-order valence-electron chi connectivity index (χ4n) is 0.951. The fraction of sp³-hybridized carbons (Fsp3) is 0. The van der Waals surface area contributed by atoms with Gasteiger partial charge >= 0.3 is 0 Å². The summed E-state index contributed by atoms with van der Waals surface area (Å²) in [6.45, 7) is 0. The number of anilines is 1. The molecule has 76 valence electrons. The smallest absolute Gasteiger partial charge is 0.276 e. The van der Waals surface area contributed by atoms with E-state index in [0.29, 0.717) is 5.69 Å². The number of carbonyl (C=O) groups is 1. The molecule has 2 N–H and O–H groups in total. The second-order valence-electron chi connectivity index (χ2n) is 2.68. The first-order valence-electron chi connectivity index (χ1n) is 4.05. The maximum absolute atomic E-state index is 11.5. The largest absolute Gasteiger partial charge is 0.318 e. The van der Waals surface area contributed by atoms with Gasteiger partial charge in [0.2, 0.25) is 0 Å². The summed E-state index contributed by atoms with van der Waals surface area (Å²) in [4.78, 5) is 11.5. The molecule has 6 nitrogen and oxygen atoms in total. The SMILES string of the molecule is O=C(Nc1cn[nH]c1)c1ccc(Cl)nn1. The number of nitrogens with zero attached hydrogens (tertiary/aromatic N) is 3. The highest BCUT2D eigenvalue weighted by Gasteiger charge is 2.08. The molecule has 0 saturated heterocycles. The molecule has 0 aliphatic rings. The summed E-state index contributed by atoms with van der Waals surface area (Å²) in [5.41, 5.74) is 0.761. The van der Waals surface area contributed by atoms with E-state index in [1.54, 1.807) is 6.20 Å². The number of rotatable bonds is 2. The highest BCUT2D eigenvalue weighted by molar-refractivity contribution is 6.29. The van der Waals surface area contributed by atoms with E-state index in [4.69, 9.17) is 11.6 Å². The predicted molar refractivity (Wildman–Crippen MR) is 53.6 cm³/mol. The van der Waals surface area contributed by atoms with Crippen LogP contribution in [0.3, 0.4) is 0 Å². The van der Waals surface area contributed by atoms with Crippen molar-refractivity contribution in [2.75, 3.05) is 5.32 Å². The number of nitrogens with one attached hydrogen (secondary N) is 2. The summed E-state index contributed by atoms with van der Waals surface area (Å²) in [5, 5.41) is 16.3. The molecule has 2 aromatic rings. The van der Waals surface area contributed by atoms with Crippen LogP contribution in [0.15, 0.2) is 24.5 Å². The Kier molecular flexibility index (Phi) is 2.59. The molecule has 7 heteroatoms. The Morgan fingerprint density at radius 1 is 1.40 bits per heavy atom. The first-order chi connectivity index (χ1) is 7.25. The van der Waals surface area contributed by atoms with Crippen molar-refractivity contribution in [2.24, 2.45) is 0 Å². The maximum Gasteiger partial charge on any atom is 0.276 e. The molecule has 0 spiro atoms. The number of aromatic nitrogens is 4. The average molecular weight is 224 g/mol. The zero-order valence-corrected chi connectivity index (χ0v) is 8.19. The van der Waals surface area contributed by atoms with Crippen molar-refractivity contribution in [3.05, 3.63) is 35.4 Å². The fourth-order valence-corrected chi connectivity index (χ4v) is 1.05. The van der Waals surface area contributed by atoms with Gasteiger partial charge < -0.3 is 5.32 Å². The highest BCUT2D eigenvalue weighted by atomic mass is 35.5. The minimum atomic E-state index is -0.361. The van der Waals surface area contributed by atoms with E-state index in [1.807, 2.05) is 0 Å². The van der Waals surface area contributed by atoms with E-state index in [9.17, 15) is 4.79 Å². The van der Waals surface area contributed by atoms with Crippen molar-refractivity contribution in [1.82, 2.24) is 20.4 Å². The lowest BCUT2D eigenvalue weighted by molar-refractivity contribution is 0.102. The van der Waals surface area contributed by atoms with Crippen LogP contribution >= 0.6 is 11.6 Å². The molecule has 0 radical (unpaired) electrons. The number of hydrogen-bond donors (Lipinski definition) is 2. The second-order valence-corrected chi connectivity index (χ2v) is 3.07. The first-order valence-corrected chi connectivity index (χ1v) is 4.43. The Morgan fingerprint density at radius 3 is 2.87 bits per heavy atom. The van der Waals surface area contributed by atoms with Gasteiger partial charge in [-0.05, 0) is 12.1 Å². The number of H-pyrrole nitrogens is 1. The second kappa shape index (κ2) is 4.05. The molecule has 0 aliphatic carbocycles. The van der Waals surface area contributed by atoms with Crippen LogP contribution in [0.2, 0.25) is 5.15 Å². The van der Waals surface area contributed by atoms with Crippen molar-refractivity contribution in [2.45, 2.75) is 0 Å². The van der Waals surface area contributed by atoms with Crippen LogP contribution in [0.5, 0.6) is 0 Å². The third-order valence-electron chi connectivity index (χ3n) is 1.62. The lowest BCUT2D eigenvalue weighted by Crippen LogP contribution is -2.13. The standard InChI is InChI=1S/C8H6ClN5O/c9-7-2-1-6(13-14-7)8(15)12-5-3-10-11-4-5/h1-4H,(H,10,11)(H,12,15). The van der Waals surface area contributed by atoms with E-state index in [-0.39, 0.29) is 16.8 Å². The Balaban J connectivity index is 2.11. The van der Waals surface area contributed by atoms with Crippen molar-refractivity contribution in [3.63, 3.8) is 0 Å². The van der Waals surface area contributed by atoms with Gasteiger partial charge in [-0.25, -0.2) is 0 Å². The molecule has 0 aromatic carbocycles. The molecular weight excluding hydrogens is 218 g/mol. The number of amides is 1. The lowest BCUT2D eigenvalue weighted by atomic mass is 10.3. The topological polar surface area (TPSA) is 83.6 Å². The van der Waals surface area contributed by atoms with Crippen molar-refractivity contribution in [1.29, 1.82) is 0 Å². The molecule has 2 rings (SSSR count). The molecule has 0 saturated carbocycles. The number of aromatic amines is 1. The van der Waals surface area contributed by atoms with Crippen LogP contribution in [0.4, 0.5) is 5.69 Å². The molecule has 15 heavy (non-hydrogen) atoms. The first kappa shape index (κ1) is 9.60. The maximum atomic E-state index is 11.5. The summed E-state index contributed by atoms with van der Waals surface area (Å²) in [6.07, 6.45) is 3.04. The molecule has 0 fully saturated rings. The number of halogens is 1. The summed E-state index contributed by atoms with van der Waals surface area (Å²) in [6, 6.07) is 2.99. The van der Waals surface area contributed by atoms with Crippen LogP contribution in [0.1, 0.15) is 10.5 Å². The van der Waals surface area contributed by atoms with Gasteiger partial charge in [0.05, 0.1) is 11.9 Å². The Labute approximate surface area is 89.7 Å². The third-order valence-corrected chi connectivity index (χ3v) is 1.82.